The number of benzene rings is 1. The molecule has 1 aliphatic heterocycles. The molecule has 2 aliphatic carbocycles. The van der Waals surface area contributed by atoms with E-state index in [2.05, 4.69) is 29.2 Å². The molecule has 4 rings (SSSR count). The van der Waals surface area contributed by atoms with E-state index in [0.29, 0.717) is 19.0 Å². The third-order valence-corrected chi connectivity index (χ3v) is 6.66. The summed E-state index contributed by atoms with van der Waals surface area (Å²) in [6, 6.07) is 10.6. The zero-order valence-corrected chi connectivity index (χ0v) is 18.3. The Kier molecular flexibility index (Phi) is 5.56. The van der Waals surface area contributed by atoms with Gasteiger partial charge in [0.1, 0.15) is 5.60 Å². The summed E-state index contributed by atoms with van der Waals surface area (Å²) in [5.74, 6) is -0.576. The van der Waals surface area contributed by atoms with Gasteiger partial charge < -0.3 is 19.6 Å². The predicted molar refractivity (Wildman–Crippen MR) is 114 cm³/mol. The molecule has 1 amide bonds. The van der Waals surface area contributed by atoms with Crippen molar-refractivity contribution >= 4 is 12.1 Å². The summed E-state index contributed by atoms with van der Waals surface area (Å²) in [6.45, 7) is 8.76. The largest absolute Gasteiger partial charge is 0.481 e. The average Bonchev–Trinajstić information content (AvgIpc) is 3.57. The van der Waals surface area contributed by atoms with Gasteiger partial charge in [-0.1, -0.05) is 30.3 Å². The molecule has 6 heteroatoms. The van der Waals surface area contributed by atoms with Gasteiger partial charge in [-0.2, -0.15) is 0 Å². The van der Waals surface area contributed by atoms with E-state index in [1.165, 1.54) is 5.56 Å². The number of amides is 1. The van der Waals surface area contributed by atoms with Crippen molar-refractivity contribution in [2.75, 3.05) is 26.2 Å². The van der Waals surface area contributed by atoms with Crippen molar-refractivity contribution in [3.05, 3.63) is 35.9 Å². The number of carboxylic acid groups (broad SMARTS) is 1. The van der Waals surface area contributed by atoms with Crippen LogP contribution in [0.5, 0.6) is 0 Å². The Bertz CT molecular complexity index is 784. The smallest absolute Gasteiger partial charge is 0.410 e. The minimum absolute atomic E-state index is 0.0775. The molecule has 0 spiro atoms. The Labute approximate surface area is 179 Å². The highest BCUT2D eigenvalue weighted by Gasteiger charge is 2.53. The summed E-state index contributed by atoms with van der Waals surface area (Å²) in [5.41, 5.74) is 0.839. The predicted octanol–water partition coefficient (Wildman–Crippen LogP) is 3.97. The van der Waals surface area contributed by atoms with Crippen LogP contribution in [0.2, 0.25) is 0 Å². The lowest BCUT2D eigenvalue weighted by molar-refractivity contribution is -0.141. The molecular weight excluding hydrogens is 380 g/mol. The van der Waals surface area contributed by atoms with E-state index in [1.807, 2.05) is 31.7 Å². The second-order valence-electron chi connectivity index (χ2n) is 10.5. The second kappa shape index (κ2) is 7.88. The molecule has 6 nitrogen and oxygen atoms in total. The molecule has 0 bridgehead atoms. The van der Waals surface area contributed by atoms with Gasteiger partial charge in [-0.15, -0.1) is 0 Å². The minimum Gasteiger partial charge on any atom is -0.481 e. The maximum absolute atomic E-state index is 13.1. The zero-order valence-electron chi connectivity index (χ0n) is 18.3. The molecule has 2 saturated carbocycles. The molecule has 0 radical (unpaired) electrons. The van der Waals surface area contributed by atoms with E-state index < -0.39 is 11.6 Å². The maximum atomic E-state index is 13.1. The number of carbonyl (C=O) groups is 2. The molecule has 1 heterocycles. The number of hydrogen-bond donors (Lipinski definition) is 1. The normalized spacial score (nSPS) is 27.5. The summed E-state index contributed by atoms with van der Waals surface area (Å²) in [6.07, 6.45) is 3.65. The molecule has 3 atom stereocenters. The highest BCUT2D eigenvalue weighted by molar-refractivity contribution is 5.70. The van der Waals surface area contributed by atoms with Crippen LogP contribution in [0.4, 0.5) is 4.79 Å². The van der Waals surface area contributed by atoms with Gasteiger partial charge in [-0.25, -0.2) is 4.79 Å². The van der Waals surface area contributed by atoms with Gasteiger partial charge in [-0.3, -0.25) is 4.79 Å². The first-order chi connectivity index (χ1) is 14.2. The topological polar surface area (TPSA) is 70.1 Å². The molecule has 3 aliphatic rings. The number of nitrogens with zero attached hydrogens (tertiary/aromatic N) is 2. The number of rotatable bonds is 7. The summed E-state index contributed by atoms with van der Waals surface area (Å²) >= 11 is 0. The van der Waals surface area contributed by atoms with E-state index in [-0.39, 0.29) is 23.5 Å². The average molecular weight is 415 g/mol. The number of aliphatic carboxylic acids is 1. The number of likely N-dealkylation sites (tertiary alicyclic amines) is 1. The third-order valence-electron chi connectivity index (χ3n) is 6.66. The summed E-state index contributed by atoms with van der Waals surface area (Å²) in [7, 11) is 0. The van der Waals surface area contributed by atoms with Crippen molar-refractivity contribution in [3.8, 4) is 0 Å². The SMILES string of the molecule is CC(C)(C)OC(=O)N(CC1(CN2CC[C@H](C(=O)O)C2)CC1)[C@H]1CC1c1ccccc1. The zero-order chi connectivity index (χ0) is 21.5. The fraction of sp³-hybridized carbons (Fsp3) is 0.667. The Morgan fingerprint density at radius 2 is 1.93 bits per heavy atom. The lowest BCUT2D eigenvalue weighted by Gasteiger charge is -2.32. The molecule has 1 saturated heterocycles. The Morgan fingerprint density at radius 3 is 2.50 bits per heavy atom. The quantitative estimate of drug-likeness (QED) is 0.731. The third kappa shape index (κ3) is 4.97. The summed E-state index contributed by atoms with van der Waals surface area (Å²) in [4.78, 5) is 28.7. The summed E-state index contributed by atoms with van der Waals surface area (Å²) < 4.78 is 5.77. The van der Waals surface area contributed by atoms with Crippen molar-refractivity contribution in [2.24, 2.45) is 11.3 Å². The van der Waals surface area contributed by atoms with Gasteiger partial charge >= 0.3 is 12.1 Å². The number of ether oxygens (including phenoxy) is 1. The van der Waals surface area contributed by atoms with Crippen molar-refractivity contribution in [1.29, 1.82) is 0 Å². The van der Waals surface area contributed by atoms with Gasteiger partial charge in [0.05, 0.1) is 5.92 Å². The Balaban J connectivity index is 1.44. The van der Waals surface area contributed by atoms with Crippen LogP contribution < -0.4 is 0 Å². The van der Waals surface area contributed by atoms with Crippen LogP contribution in [-0.4, -0.2) is 64.8 Å². The fourth-order valence-corrected chi connectivity index (χ4v) is 4.78. The first-order valence-corrected chi connectivity index (χ1v) is 11.2. The van der Waals surface area contributed by atoms with Crippen LogP contribution in [0.3, 0.4) is 0 Å². The van der Waals surface area contributed by atoms with Crippen LogP contribution in [0.25, 0.3) is 0 Å². The number of carboxylic acids is 1. The van der Waals surface area contributed by atoms with Crippen molar-refractivity contribution < 1.29 is 19.4 Å². The van der Waals surface area contributed by atoms with Crippen LogP contribution in [0, 0.1) is 11.3 Å². The van der Waals surface area contributed by atoms with Gasteiger partial charge in [0.25, 0.3) is 0 Å². The minimum atomic E-state index is -0.693. The van der Waals surface area contributed by atoms with Crippen molar-refractivity contribution in [2.45, 2.75) is 64.0 Å². The molecule has 3 fully saturated rings. The molecule has 0 aromatic heterocycles. The van der Waals surface area contributed by atoms with E-state index in [4.69, 9.17) is 4.74 Å². The van der Waals surface area contributed by atoms with Crippen LogP contribution in [0.1, 0.15) is 57.9 Å². The first-order valence-electron chi connectivity index (χ1n) is 11.2. The Morgan fingerprint density at radius 1 is 1.23 bits per heavy atom. The fourth-order valence-electron chi connectivity index (χ4n) is 4.78. The number of hydrogen-bond acceptors (Lipinski definition) is 4. The lowest BCUT2D eigenvalue weighted by Crippen LogP contribution is -2.44. The molecule has 30 heavy (non-hydrogen) atoms. The van der Waals surface area contributed by atoms with Crippen LogP contribution >= 0.6 is 0 Å². The van der Waals surface area contributed by atoms with E-state index in [1.54, 1.807) is 0 Å². The van der Waals surface area contributed by atoms with Crippen molar-refractivity contribution in [1.82, 2.24) is 9.80 Å². The van der Waals surface area contributed by atoms with E-state index in [0.717, 1.165) is 38.8 Å². The van der Waals surface area contributed by atoms with E-state index in [9.17, 15) is 14.7 Å². The van der Waals surface area contributed by atoms with Crippen molar-refractivity contribution in [3.63, 3.8) is 0 Å². The lowest BCUT2D eigenvalue weighted by atomic mass is 10.0. The van der Waals surface area contributed by atoms with Gasteiger partial charge in [0.2, 0.25) is 0 Å². The Hall–Kier alpha value is -2.08. The maximum Gasteiger partial charge on any atom is 0.410 e. The van der Waals surface area contributed by atoms with E-state index >= 15 is 0 Å². The highest BCUT2D eigenvalue weighted by Crippen LogP contribution is 2.52. The molecule has 164 valence electrons. The van der Waals surface area contributed by atoms with Gasteiger partial charge in [0, 0.05) is 37.0 Å². The molecule has 1 aromatic rings. The number of carbonyl (C=O) groups excluding carboxylic acids is 1. The van der Waals surface area contributed by atoms with Gasteiger partial charge in [-0.05, 0) is 58.6 Å². The summed E-state index contributed by atoms with van der Waals surface area (Å²) in [5, 5.41) is 9.29. The first kappa shape index (κ1) is 21.2. The van der Waals surface area contributed by atoms with Crippen LogP contribution in [0.15, 0.2) is 30.3 Å². The van der Waals surface area contributed by atoms with Crippen LogP contribution in [-0.2, 0) is 9.53 Å². The molecule has 1 N–H and O–H groups in total. The van der Waals surface area contributed by atoms with Gasteiger partial charge in [0.15, 0.2) is 0 Å². The monoisotopic (exact) mass is 414 g/mol. The standard InChI is InChI=1S/C24H34N2O4/c1-23(2,3)30-22(29)26(20-13-19(20)17-7-5-4-6-8-17)16-24(10-11-24)15-25-12-9-18(14-25)21(27)28/h4-8,18-20H,9-16H2,1-3H3,(H,27,28)/t18-,19?,20-/m0/s1. The highest BCUT2D eigenvalue weighted by atomic mass is 16.6. The molecule has 1 unspecified atom stereocenters. The second-order valence-corrected chi connectivity index (χ2v) is 10.5. The molecular formula is C24H34N2O4. The molecule has 1 aromatic carbocycles.